The van der Waals surface area contributed by atoms with Gasteiger partial charge in [0.1, 0.15) is 5.56 Å². The summed E-state index contributed by atoms with van der Waals surface area (Å²) in [6, 6.07) is -0.762. The Bertz CT molecular complexity index is 1130. The largest absolute Gasteiger partial charge is 0.423 e. The average Bonchev–Trinajstić information content (AvgIpc) is 2.79. The number of alkyl halides is 6. The molecular weight excluding hydrogens is 516 g/mol. The van der Waals surface area contributed by atoms with Crippen molar-refractivity contribution in [2.45, 2.75) is 44.3 Å². The molecule has 2 aromatic heterocycles. The number of halogens is 6. The molecule has 0 saturated carbocycles. The zero-order valence-corrected chi connectivity index (χ0v) is 19.2. The van der Waals surface area contributed by atoms with E-state index < -0.39 is 58.7 Å². The maximum atomic E-state index is 13.1. The molecular formula is C20H23F6N7O4. The third-order valence-corrected chi connectivity index (χ3v) is 5.48. The van der Waals surface area contributed by atoms with E-state index in [-0.39, 0.29) is 32.1 Å². The van der Waals surface area contributed by atoms with Gasteiger partial charge < -0.3 is 15.3 Å². The number of aliphatic hydroxyl groups excluding tert-OH is 1. The normalized spacial score (nSPS) is 19.4. The first-order chi connectivity index (χ1) is 17.3. The first kappa shape index (κ1) is 28.1. The summed E-state index contributed by atoms with van der Waals surface area (Å²) in [4.78, 5) is 37.6. The second-order valence-corrected chi connectivity index (χ2v) is 8.40. The summed E-state index contributed by atoms with van der Waals surface area (Å²) in [6.07, 6.45) is -8.21. The fourth-order valence-electron chi connectivity index (χ4n) is 3.65. The number of H-pyrrole nitrogens is 1. The van der Waals surface area contributed by atoms with Gasteiger partial charge in [-0.05, 0) is 19.3 Å². The molecule has 204 valence electrons. The summed E-state index contributed by atoms with van der Waals surface area (Å²) in [6.45, 7) is 1.48. The average molecular weight is 539 g/mol. The van der Waals surface area contributed by atoms with E-state index in [2.05, 4.69) is 25.9 Å². The molecule has 4 N–H and O–H groups in total. The quantitative estimate of drug-likeness (QED) is 0.291. The highest BCUT2D eigenvalue weighted by molar-refractivity contribution is 5.75. The Labute approximate surface area is 205 Å². The minimum atomic E-state index is -4.91. The van der Waals surface area contributed by atoms with Crippen LogP contribution in [0.3, 0.4) is 0 Å². The van der Waals surface area contributed by atoms with Crippen LogP contribution in [0.25, 0.3) is 0 Å². The topological polar surface area (TPSA) is 145 Å². The van der Waals surface area contributed by atoms with E-state index in [1.807, 2.05) is 0 Å². The van der Waals surface area contributed by atoms with E-state index in [4.69, 9.17) is 4.84 Å². The number of rotatable bonds is 8. The molecule has 3 rings (SSSR count). The number of carbonyl (C=O) groups is 1. The highest BCUT2D eigenvalue weighted by Gasteiger charge is 2.38. The van der Waals surface area contributed by atoms with Crippen molar-refractivity contribution < 1.29 is 41.1 Å². The van der Waals surface area contributed by atoms with Crippen LogP contribution in [0.4, 0.5) is 38.0 Å². The number of hydrogen-bond acceptors (Lipinski definition) is 9. The van der Waals surface area contributed by atoms with Crippen LogP contribution in [0, 0.1) is 5.92 Å². The predicted octanol–water partition coefficient (Wildman–Crippen LogP) is 1.72. The maximum absolute atomic E-state index is 13.1. The summed E-state index contributed by atoms with van der Waals surface area (Å²) in [5.41, 5.74) is -2.25. The van der Waals surface area contributed by atoms with E-state index in [0.29, 0.717) is 18.8 Å². The van der Waals surface area contributed by atoms with Gasteiger partial charge in [0, 0.05) is 37.9 Å². The fraction of sp³-hybridized carbons (Fsp3) is 0.550. The van der Waals surface area contributed by atoms with Crippen LogP contribution in [0.5, 0.6) is 0 Å². The Morgan fingerprint density at radius 1 is 1.22 bits per heavy atom. The third kappa shape index (κ3) is 7.51. The highest BCUT2D eigenvalue weighted by atomic mass is 19.4. The molecule has 2 aromatic rings. The SMILES string of the molecule is C[C@@H](CONC(=O)C[C@H]1CCN(c2ncc(C(F)(F)F)cn2)C[C@@H]1O)Nc1cn[nH]c(=O)c1C(F)(F)F. The number of nitrogens with zero attached hydrogens (tertiary/aromatic N) is 4. The van der Waals surface area contributed by atoms with Gasteiger partial charge in [-0.2, -0.15) is 31.4 Å². The number of aliphatic hydroxyl groups is 1. The number of hydrogen-bond donors (Lipinski definition) is 4. The van der Waals surface area contributed by atoms with Crippen LogP contribution >= 0.6 is 0 Å². The van der Waals surface area contributed by atoms with Gasteiger partial charge in [0.05, 0.1) is 30.2 Å². The van der Waals surface area contributed by atoms with Gasteiger partial charge in [0.2, 0.25) is 11.9 Å². The fourth-order valence-corrected chi connectivity index (χ4v) is 3.65. The zero-order chi connectivity index (χ0) is 27.4. The molecule has 11 nitrogen and oxygen atoms in total. The van der Waals surface area contributed by atoms with Gasteiger partial charge >= 0.3 is 12.4 Å². The van der Waals surface area contributed by atoms with Crippen LogP contribution in [0.2, 0.25) is 0 Å². The maximum Gasteiger partial charge on any atom is 0.423 e. The zero-order valence-electron chi connectivity index (χ0n) is 19.2. The lowest BCUT2D eigenvalue weighted by molar-refractivity contribution is -0.139. The van der Waals surface area contributed by atoms with Crippen molar-refractivity contribution in [1.82, 2.24) is 25.6 Å². The van der Waals surface area contributed by atoms with Crippen molar-refractivity contribution in [3.63, 3.8) is 0 Å². The lowest BCUT2D eigenvalue weighted by atomic mass is 9.91. The molecule has 0 spiro atoms. The van der Waals surface area contributed by atoms with Gasteiger partial charge in [0.15, 0.2) is 0 Å². The van der Waals surface area contributed by atoms with Crippen LogP contribution in [0.15, 0.2) is 23.4 Å². The minimum absolute atomic E-state index is 0.00307. The number of anilines is 2. The van der Waals surface area contributed by atoms with Crippen molar-refractivity contribution in [2.24, 2.45) is 5.92 Å². The molecule has 1 saturated heterocycles. The first-order valence-electron chi connectivity index (χ1n) is 10.9. The van der Waals surface area contributed by atoms with E-state index in [1.54, 1.807) is 5.10 Å². The van der Waals surface area contributed by atoms with E-state index in [1.165, 1.54) is 11.8 Å². The van der Waals surface area contributed by atoms with Crippen molar-refractivity contribution in [3.8, 4) is 0 Å². The molecule has 1 aliphatic rings. The molecule has 3 heterocycles. The summed E-state index contributed by atoms with van der Waals surface area (Å²) in [5.74, 6) is -1.06. The molecule has 0 aromatic carbocycles. The molecule has 0 radical (unpaired) electrons. The van der Waals surface area contributed by atoms with Gasteiger partial charge in [0.25, 0.3) is 5.56 Å². The number of nitrogens with one attached hydrogen (secondary N) is 3. The molecule has 0 aliphatic carbocycles. The molecule has 1 fully saturated rings. The Morgan fingerprint density at radius 3 is 2.49 bits per heavy atom. The van der Waals surface area contributed by atoms with E-state index >= 15 is 0 Å². The van der Waals surface area contributed by atoms with Crippen molar-refractivity contribution >= 4 is 17.5 Å². The van der Waals surface area contributed by atoms with Crippen LogP contribution in [-0.4, -0.2) is 63.0 Å². The van der Waals surface area contributed by atoms with Gasteiger partial charge in [-0.25, -0.2) is 20.5 Å². The van der Waals surface area contributed by atoms with Crippen LogP contribution < -0.4 is 21.3 Å². The van der Waals surface area contributed by atoms with Gasteiger partial charge in [-0.3, -0.25) is 14.4 Å². The lowest BCUT2D eigenvalue weighted by Gasteiger charge is -2.35. The van der Waals surface area contributed by atoms with Crippen molar-refractivity contribution in [1.29, 1.82) is 0 Å². The Hall–Kier alpha value is -3.47. The molecule has 3 atom stereocenters. The molecule has 0 unspecified atom stereocenters. The molecule has 0 bridgehead atoms. The second kappa shape index (κ2) is 11.3. The number of carbonyl (C=O) groups excluding carboxylic acids is 1. The van der Waals surface area contributed by atoms with E-state index in [9.17, 15) is 41.0 Å². The smallest absolute Gasteiger partial charge is 0.391 e. The molecule has 17 heteroatoms. The summed E-state index contributed by atoms with van der Waals surface area (Å²) in [7, 11) is 0. The molecule has 1 amide bonds. The highest BCUT2D eigenvalue weighted by Crippen LogP contribution is 2.32. The Balaban J connectivity index is 1.44. The number of aromatic amines is 1. The third-order valence-electron chi connectivity index (χ3n) is 5.48. The van der Waals surface area contributed by atoms with Crippen molar-refractivity contribution in [2.75, 3.05) is 29.9 Å². The number of piperidine rings is 1. The predicted molar refractivity (Wildman–Crippen MR) is 115 cm³/mol. The summed E-state index contributed by atoms with van der Waals surface area (Å²) < 4.78 is 77.3. The summed E-state index contributed by atoms with van der Waals surface area (Å²) in [5, 5.41) is 17.9. The lowest BCUT2D eigenvalue weighted by Crippen LogP contribution is -2.46. The number of hydroxylamine groups is 1. The van der Waals surface area contributed by atoms with Gasteiger partial charge in [-0.15, -0.1) is 0 Å². The standard InChI is InChI=1S/C20H23F6N7O4/c1-10(30-13-7-29-31-17(36)16(13)20(24,25)26)9-37-32-15(35)4-11-2-3-33(8-14(11)34)18-27-5-12(6-28-18)19(21,22)23/h5-7,10-11,14,34H,2-4,8-9H2,1H3,(H,32,35)(H2,30,31,36)/t10-,11+,14-/m0/s1. The Morgan fingerprint density at radius 2 is 1.89 bits per heavy atom. The van der Waals surface area contributed by atoms with Crippen LogP contribution in [-0.2, 0) is 22.0 Å². The number of amides is 1. The molecule has 37 heavy (non-hydrogen) atoms. The molecule has 1 aliphatic heterocycles. The Kier molecular flexibility index (Phi) is 8.57. The summed E-state index contributed by atoms with van der Waals surface area (Å²) >= 11 is 0. The van der Waals surface area contributed by atoms with Gasteiger partial charge in [-0.1, -0.05) is 0 Å². The minimum Gasteiger partial charge on any atom is -0.391 e. The first-order valence-corrected chi connectivity index (χ1v) is 10.9. The number of aromatic nitrogens is 4. The monoisotopic (exact) mass is 539 g/mol. The number of β-amino-alcohol motifs (C(OH)–C–C–N with tert-alkyl or cyclic N) is 1. The van der Waals surface area contributed by atoms with Crippen molar-refractivity contribution in [3.05, 3.63) is 40.1 Å². The van der Waals surface area contributed by atoms with E-state index in [0.717, 1.165) is 6.20 Å². The second-order valence-electron chi connectivity index (χ2n) is 8.40. The van der Waals surface area contributed by atoms with Crippen LogP contribution in [0.1, 0.15) is 30.9 Å².